The van der Waals surface area contributed by atoms with E-state index in [9.17, 15) is 4.79 Å². The second kappa shape index (κ2) is 5.12. The topological polar surface area (TPSA) is 29.1 Å². The predicted octanol–water partition coefficient (Wildman–Crippen LogP) is 3.17. The van der Waals surface area contributed by atoms with Gasteiger partial charge in [-0.1, -0.05) is 48.5 Å². The largest absolute Gasteiger partial charge is 0.303 e. The number of benzene rings is 2. The Morgan fingerprint density at radius 1 is 1.00 bits per heavy atom. The Kier molecular flexibility index (Phi) is 3.12. The molecule has 0 fully saturated rings. The molecule has 0 amide bonds. The van der Waals surface area contributed by atoms with Crippen molar-refractivity contribution in [3.05, 3.63) is 70.8 Å². The lowest BCUT2D eigenvalue weighted by atomic mass is 9.74. The lowest BCUT2D eigenvalue weighted by molar-refractivity contribution is -0.121. The molecule has 2 aliphatic rings. The van der Waals surface area contributed by atoms with Crippen LogP contribution in [0.3, 0.4) is 0 Å². The fraction of sp³-hybridized carbons (Fsp3) is 0.316. The highest BCUT2D eigenvalue weighted by atomic mass is 16.1. The van der Waals surface area contributed by atoms with Crippen molar-refractivity contribution in [2.24, 2.45) is 0 Å². The van der Waals surface area contributed by atoms with Crippen molar-refractivity contribution >= 4 is 5.78 Å². The van der Waals surface area contributed by atoms with Crippen LogP contribution in [0.15, 0.2) is 48.5 Å². The third-order valence-corrected chi connectivity index (χ3v) is 4.84. The van der Waals surface area contributed by atoms with Gasteiger partial charge in [0.25, 0.3) is 0 Å². The first-order valence-electron chi connectivity index (χ1n) is 7.74. The molecule has 1 aliphatic heterocycles. The minimum absolute atomic E-state index is 0.109. The summed E-state index contributed by atoms with van der Waals surface area (Å²) >= 11 is 0. The molecular formula is C19H19NO. The van der Waals surface area contributed by atoms with E-state index in [1.165, 1.54) is 22.3 Å². The van der Waals surface area contributed by atoms with Crippen molar-refractivity contribution < 1.29 is 4.79 Å². The highest BCUT2D eigenvalue weighted by molar-refractivity contribution is 5.87. The maximum atomic E-state index is 12.7. The Labute approximate surface area is 125 Å². The van der Waals surface area contributed by atoms with Crippen molar-refractivity contribution in [3.8, 4) is 0 Å². The minimum atomic E-state index is -0.109. The zero-order valence-corrected chi connectivity index (χ0v) is 12.0. The molecule has 0 saturated heterocycles. The number of carbonyl (C=O) groups excluding carboxylic acids is 1. The summed E-state index contributed by atoms with van der Waals surface area (Å²) in [5.74, 6) is 0.756. The number of ketones is 1. The average Bonchev–Trinajstić information content (AvgIpc) is 2.52. The smallest absolute Gasteiger partial charge is 0.154 e. The number of hydrogen-bond donors (Lipinski definition) is 1. The number of rotatable bonds is 3. The molecule has 21 heavy (non-hydrogen) atoms. The Morgan fingerprint density at radius 3 is 2.52 bits per heavy atom. The first kappa shape index (κ1) is 12.8. The lowest BCUT2D eigenvalue weighted by Crippen LogP contribution is -2.36. The van der Waals surface area contributed by atoms with Crippen LogP contribution in [0.1, 0.15) is 40.6 Å². The van der Waals surface area contributed by atoms with Crippen molar-refractivity contribution in [1.82, 2.24) is 5.32 Å². The minimum Gasteiger partial charge on any atom is -0.303 e. The third-order valence-electron chi connectivity index (χ3n) is 4.84. The van der Waals surface area contributed by atoms with Crippen molar-refractivity contribution in [1.29, 1.82) is 0 Å². The summed E-state index contributed by atoms with van der Waals surface area (Å²) in [5.41, 5.74) is 5.28. The van der Waals surface area contributed by atoms with Crippen LogP contribution in [0.25, 0.3) is 0 Å². The van der Waals surface area contributed by atoms with Gasteiger partial charge < -0.3 is 5.32 Å². The zero-order chi connectivity index (χ0) is 14.2. The van der Waals surface area contributed by atoms with E-state index < -0.39 is 0 Å². The van der Waals surface area contributed by atoms with Crippen molar-refractivity contribution in [2.45, 2.75) is 31.2 Å². The fourth-order valence-electron chi connectivity index (χ4n) is 3.70. The second-order valence-electron chi connectivity index (χ2n) is 6.11. The molecule has 2 heteroatoms. The van der Waals surface area contributed by atoms with Gasteiger partial charge in [-0.2, -0.15) is 0 Å². The summed E-state index contributed by atoms with van der Waals surface area (Å²) in [6.07, 6.45) is 2.73. The van der Waals surface area contributed by atoms with E-state index in [4.69, 9.17) is 0 Å². The quantitative estimate of drug-likeness (QED) is 0.933. The molecular weight excluding hydrogens is 258 g/mol. The van der Waals surface area contributed by atoms with E-state index in [0.717, 1.165) is 19.4 Å². The Morgan fingerprint density at radius 2 is 1.71 bits per heavy atom. The van der Waals surface area contributed by atoms with Crippen LogP contribution >= 0.6 is 0 Å². The van der Waals surface area contributed by atoms with Gasteiger partial charge in [0.05, 0.1) is 6.04 Å². The molecule has 1 heterocycles. The number of hydrogen-bond acceptors (Lipinski definition) is 2. The van der Waals surface area contributed by atoms with Crippen LogP contribution in [-0.2, 0) is 17.6 Å². The summed E-state index contributed by atoms with van der Waals surface area (Å²) in [6, 6.07) is 16.7. The van der Waals surface area contributed by atoms with Gasteiger partial charge in [-0.3, -0.25) is 4.79 Å². The Hall–Kier alpha value is -1.93. The number of Topliss-reactive ketones (excluding diaryl/α,β-unsaturated/α-hetero) is 1. The molecule has 1 N–H and O–H groups in total. The average molecular weight is 277 g/mol. The van der Waals surface area contributed by atoms with Gasteiger partial charge in [0.2, 0.25) is 0 Å². The molecule has 0 spiro atoms. The van der Waals surface area contributed by atoms with Crippen LogP contribution in [-0.4, -0.2) is 12.3 Å². The molecule has 2 aromatic carbocycles. The van der Waals surface area contributed by atoms with Gasteiger partial charge in [-0.15, -0.1) is 0 Å². The Balaban J connectivity index is 1.52. The molecule has 0 bridgehead atoms. The molecule has 106 valence electrons. The van der Waals surface area contributed by atoms with Crippen LogP contribution in [0, 0.1) is 0 Å². The van der Waals surface area contributed by atoms with Gasteiger partial charge in [0, 0.05) is 13.0 Å². The molecule has 2 atom stereocenters. The molecule has 0 radical (unpaired) electrons. The first-order valence-corrected chi connectivity index (χ1v) is 7.74. The van der Waals surface area contributed by atoms with Gasteiger partial charge in [-0.25, -0.2) is 0 Å². The monoisotopic (exact) mass is 277 g/mol. The van der Waals surface area contributed by atoms with E-state index in [2.05, 4.69) is 47.8 Å². The summed E-state index contributed by atoms with van der Waals surface area (Å²) in [5, 5.41) is 3.40. The number of carbonyl (C=O) groups is 1. The molecule has 2 aromatic rings. The highest BCUT2D eigenvalue weighted by Crippen LogP contribution is 2.38. The SMILES string of the molecule is O=C(CC1Cc2ccccc21)C1NCCc2ccccc21. The summed E-state index contributed by atoms with van der Waals surface area (Å²) < 4.78 is 0. The van der Waals surface area contributed by atoms with Gasteiger partial charge >= 0.3 is 0 Å². The molecule has 2 nitrogen and oxygen atoms in total. The maximum Gasteiger partial charge on any atom is 0.154 e. The second-order valence-corrected chi connectivity index (χ2v) is 6.11. The fourth-order valence-corrected chi connectivity index (χ4v) is 3.70. The zero-order valence-electron chi connectivity index (χ0n) is 12.0. The molecule has 0 saturated carbocycles. The van der Waals surface area contributed by atoms with E-state index >= 15 is 0 Å². The number of nitrogens with one attached hydrogen (secondary N) is 1. The van der Waals surface area contributed by atoms with Crippen LogP contribution in [0.5, 0.6) is 0 Å². The van der Waals surface area contributed by atoms with E-state index in [1.54, 1.807) is 0 Å². The Bertz CT molecular complexity index is 691. The van der Waals surface area contributed by atoms with E-state index in [-0.39, 0.29) is 6.04 Å². The summed E-state index contributed by atoms with van der Waals surface area (Å²) in [6.45, 7) is 0.897. The number of fused-ring (bicyclic) bond motifs is 2. The third kappa shape index (κ3) is 2.20. The molecule has 1 aliphatic carbocycles. The molecule has 2 unspecified atom stereocenters. The normalized spacial score (nSPS) is 22.9. The highest BCUT2D eigenvalue weighted by Gasteiger charge is 2.32. The summed E-state index contributed by atoms with van der Waals surface area (Å²) in [4.78, 5) is 12.7. The van der Waals surface area contributed by atoms with Crippen LogP contribution < -0.4 is 5.32 Å². The van der Waals surface area contributed by atoms with E-state index in [1.807, 2.05) is 6.07 Å². The standard InChI is InChI=1S/C19H19NO/c21-18(12-15-11-14-6-2-3-7-16(14)15)19-17-8-4-1-5-13(17)9-10-20-19/h1-8,15,19-20H,9-12H2. The van der Waals surface area contributed by atoms with Gasteiger partial charge in [0.15, 0.2) is 5.78 Å². The van der Waals surface area contributed by atoms with Gasteiger partial charge in [-0.05, 0) is 41.0 Å². The van der Waals surface area contributed by atoms with E-state index in [0.29, 0.717) is 18.1 Å². The van der Waals surface area contributed by atoms with Crippen molar-refractivity contribution in [2.75, 3.05) is 6.54 Å². The maximum absolute atomic E-state index is 12.7. The predicted molar refractivity (Wildman–Crippen MR) is 83.4 cm³/mol. The summed E-state index contributed by atoms with van der Waals surface area (Å²) in [7, 11) is 0. The lowest BCUT2D eigenvalue weighted by Gasteiger charge is -2.32. The van der Waals surface area contributed by atoms with Crippen LogP contribution in [0.2, 0.25) is 0 Å². The van der Waals surface area contributed by atoms with Crippen molar-refractivity contribution in [3.63, 3.8) is 0 Å². The molecule has 4 rings (SSSR count). The first-order chi connectivity index (χ1) is 10.3. The van der Waals surface area contributed by atoms with Gasteiger partial charge in [0.1, 0.15) is 0 Å². The van der Waals surface area contributed by atoms with Crippen LogP contribution in [0.4, 0.5) is 0 Å². The molecule has 0 aromatic heterocycles.